The fourth-order valence-electron chi connectivity index (χ4n) is 3.37. The number of nitrogens with zero attached hydrogens (tertiary/aromatic N) is 1. The van der Waals surface area contributed by atoms with Crippen LogP contribution in [0.3, 0.4) is 0 Å². The third kappa shape index (κ3) is 3.47. The Kier molecular flexibility index (Phi) is 5.31. The second kappa shape index (κ2) is 7.07. The summed E-state index contributed by atoms with van der Waals surface area (Å²) < 4.78 is 24.4. The maximum Gasteiger partial charge on any atom is 0.245 e. The molecule has 1 amide bonds. The van der Waals surface area contributed by atoms with E-state index in [4.69, 9.17) is 0 Å². The number of sulfone groups is 1. The number of aromatic nitrogens is 1. The second-order valence-electron chi connectivity index (χ2n) is 6.98. The van der Waals surface area contributed by atoms with Gasteiger partial charge in [-0.15, -0.1) is 23.7 Å². The standard InChI is InChI=1S/C17H21N3O3S2.ClH/c1-25(22,23)17(6-8-18-9-7-17)16(21)19-12-4-5-13-14(10-12)24-15(20-13)11-2-3-11;/h4-5,10-11,18H,2-3,6-9H2,1H3,(H,19,21);1H. The summed E-state index contributed by atoms with van der Waals surface area (Å²) in [5.74, 6) is 0.168. The number of carbonyl (C=O) groups excluding carboxylic acids is 1. The quantitative estimate of drug-likeness (QED) is 0.801. The van der Waals surface area contributed by atoms with Gasteiger partial charge in [0.2, 0.25) is 5.91 Å². The van der Waals surface area contributed by atoms with Gasteiger partial charge in [0.25, 0.3) is 0 Å². The summed E-state index contributed by atoms with van der Waals surface area (Å²) in [5, 5.41) is 7.12. The molecule has 1 aliphatic heterocycles. The molecule has 1 saturated heterocycles. The Labute approximate surface area is 163 Å². The number of piperidine rings is 1. The van der Waals surface area contributed by atoms with Crippen LogP contribution >= 0.6 is 23.7 Å². The molecule has 1 saturated carbocycles. The van der Waals surface area contributed by atoms with Gasteiger partial charge in [0.1, 0.15) is 0 Å². The average Bonchev–Trinajstić information content (AvgIpc) is 3.34. The van der Waals surface area contributed by atoms with E-state index in [1.54, 1.807) is 17.4 Å². The van der Waals surface area contributed by atoms with Crippen molar-refractivity contribution in [1.29, 1.82) is 0 Å². The molecular formula is C17H22ClN3O3S2. The van der Waals surface area contributed by atoms with E-state index in [-0.39, 0.29) is 12.4 Å². The van der Waals surface area contributed by atoms with E-state index in [0.29, 0.717) is 37.5 Å². The number of fused-ring (bicyclic) bond motifs is 1. The number of benzene rings is 1. The third-order valence-electron chi connectivity index (χ3n) is 5.12. The fourth-order valence-corrected chi connectivity index (χ4v) is 5.88. The van der Waals surface area contributed by atoms with E-state index in [2.05, 4.69) is 15.6 Å². The number of hydrogen-bond donors (Lipinski definition) is 2. The lowest BCUT2D eigenvalue weighted by molar-refractivity contribution is -0.119. The van der Waals surface area contributed by atoms with Crippen LogP contribution in [-0.2, 0) is 14.6 Å². The van der Waals surface area contributed by atoms with Crippen molar-refractivity contribution in [2.75, 3.05) is 24.7 Å². The Hall–Kier alpha value is -1.22. The van der Waals surface area contributed by atoms with Gasteiger partial charge in [-0.25, -0.2) is 13.4 Å². The van der Waals surface area contributed by atoms with Gasteiger partial charge in [-0.3, -0.25) is 4.79 Å². The lowest BCUT2D eigenvalue weighted by Gasteiger charge is -2.34. The summed E-state index contributed by atoms with van der Waals surface area (Å²) >= 11 is 1.66. The Morgan fingerprint density at radius 2 is 2.00 bits per heavy atom. The highest BCUT2D eigenvalue weighted by Crippen LogP contribution is 2.43. The highest BCUT2D eigenvalue weighted by Gasteiger charge is 2.48. The molecule has 1 aliphatic carbocycles. The molecular weight excluding hydrogens is 394 g/mol. The molecule has 0 spiro atoms. The van der Waals surface area contributed by atoms with Crippen molar-refractivity contribution in [3.63, 3.8) is 0 Å². The minimum atomic E-state index is -3.51. The van der Waals surface area contributed by atoms with Gasteiger partial charge in [0.05, 0.1) is 15.2 Å². The molecule has 0 atom stereocenters. The monoisotopic (exact) mass is 415 g/mol. The van der Waals surface area contributed by atoms with Gasteiger partial charge in [-0.1, -0.05) is 0 Å². The normalized spacial score (nSPS) is 19.7. The average molecular weight is 416 g/mol. The topological polar surface area (TPSA) is 88.2 Å². The maximum absolute atomic E-state index is 12.9. The second-order valence-corrected chi connectivity index (χ2v) is 10.4. The number of nitrogens with one attached hydrogen (secondary N) is 2. The fraction of sp³-hybridized carbons (Fsp3) is 0.529. The summed E-state index contributed by atoms with van der Waals surface area (Å²) in [6, 6.07) is 5.59. The molecule has 0 unspecified atom stereocenters. The Balaban J connectivity index is 0.00000196. The van der Waals surface area contributed by atoms with Crippen LogP contribution in [0.25, 0.3) is 10.2 Å². The van der Waals surface area contributed by atoms with Crippen molar-refractivity contribution >= 4 is 55.4 Å². The minimum Gasteiger partial charge on any atom is -0.325 e. The molecule has 1 aromatic heterocycles. The van der Waals surface area contributed by atoms with E-state index in [0.717, 1.165) is 21.5 Å². The van der Waals surface area contributed by atoms with E-state index in [1.807, 2.05) is 12.1 Å². The molecule has 9 heteroatoms. The van der Waals surface area contributed by atoms with Crippen LogP contribution in [0.2, 0.25) is 0 Å². The summed E-state index contributed by atoms with van der Waals surface area (Å²) in [5.41, 5.74) is 1.56. The first-order chi connectivity index (χ1) is 11.9. The van der Waals surface area contributed by atoms with Crippen molar-refractivity contribution in [3.05, 3.63) is 23.2 Å². The van der Waals surface area contributed by atoms with Gasteiger partial charge < -0.3 is 10.6 Å². The molecule has 6 nitrogen and oxygen atoms in total. The highest BCUT2D eigenvalue weighted by molar-refractivity contribution is 7.92. The summed E-state index contributed by atoms with van der Waals surface area (Å²) in [6.07, 6.45) is 4.16. The molecule has 2 aliphatic rings. The van der Waals surface area contributed by atoms with Crippen LogP contribution in [0.4, 0.5) is 5.69 Å². The number of thiazole rings is 1. The van der Waals surface area contributed by atoms with E-state index < -0.39 is 20.5 Å². The molecule has 1 aromatic carbocycles. The lowest BCUT2D eigenvalue weighted by atomic mass is 9.95. The summed E-state index contributed by atoms with van der Waals surface area (Å²) in [6.45, 7) is 1.05. The Morgan fingerprint density at radius 1 is 1.31 bits per heavy atom. The van der Waals surface area contributed by atoms with Gasteiger partial charge in [0, 0.05) is 17.9 Å². The van der Waals surface area contributed by atoms with Crippen LogP contribution in [0.5, 0.6) is 0 Å². The van der Waals surface area contributed by atoms with Crippen LogP contribution in [0.15, 0.2) is 18.2 Å². The van der Waals surface area contributed by atoms with Crippen LogP contribution in [0.1, 0.15) is 36.6 Å². The van der Waals surface area contributed by atoms with Crippen LogP contribution < -0.4 is 10.6 Å². The molecule has 2 aromatic rings. The van der Waals surface area contributed by atoms with E-state index >= 15 is 0 Å². The largest absolute Gasteiger partial charge is 0.325 e. The smallest absolute Gasteiger partial charge is 0.245 e. The molecule has 142 valence electrons. The molecule has 2 fully saturated rings. The maximum atomic E-state index is 12.9. The van der Waals surface area contributed by atoms with Gasteiger partial charge in [0.15, 0.2) is 14.6 Å². The highest BCUT2D eigenvalue weighted by atomic mass is 35.5. The van der Waals surface area contributed by atoms with Crippen LogP contribution in [-0.4, -0.2) is 43.4 Å². The molecule has 0 radical (unpaired) electrons. The van der Waals surface area contributed by atoms with Crippen molar-refractivity contribution in [3.8, 4) is 0 Å². The summed E-state index contributed by atoms with van der Waals surface area (Å²) in [7, 11) is -3.51. The molecule has 4 rings (SSSR count). The van der Waals surface area contributed by atoms with Crippen molar-refractivity contribution in [1.82, 2.24) is 10.3 Å². The first kappa shape index (κ1) is 19.5. The number of carbonyl (C=O) groups is 1. The third-order valence-corrected chi connectivity index (χ3v) is 8.32. The molecule has 0 bridgehead atoms. The van der Waals surface area contributed by atoms with Crippen molar-refractivity contribution < 1.29 is 13.2 Å². The predicted molar refractivity (Wildman–Crippen MR) is 107 cm³/mol. The molecule has 26 heavy (non-hydrogen) atoms. The van der Waals surface area contributed by atoms with Crippen LogP contribution in [0, 0.1) is 0 Å². The minimum absolute atomic E-state index is 0. The van der Waals surface area contributed by atoms with Gasteiger partial charge >= 0.3 is 0 Å². The van der Waals surface area contributed by atoms with Crippen molar-refractivity contribution in [2.45, 2.75) is 36.3 Å². The van der Waals surface area contributed by atoms with Gasteiger partial charge in [-0.05, 0) is 57.0 Å². The Morgan fingerprint density at radius 3 is 2.62 bits per heavy atom. The number of anilines is 1. The molecule has 2 N–H and O–H groups in total. The number of rotatable bonds is 4. The Bertz CT molecular complexity index is 932. The zero-order valence-corrected chi connectivity index (χ0v) is 16.9. The zero-order valence-electron chi connectivity index (χ0n) is 14.4. The predicted octanol–water partition coefficient (Wildman–Crippen LogP) is 2.70. The zero-order chi connectivity index (χ0) is 17.7. The molecule has 2 heterocycles. The van der Waals surface area contributed by atoms with Crippen molar-refractivity contribution in [2.24, 2.45) is 0 Å². The summed E-state index contributed by atoms with van der Waals surface area (Å²) in [4.78, 5) is 17.5. The van der Waals surface area contributed by atoms with Gasteiger partial charge in [-0.2, -0.15) is 0 Å². The first-order valence-corrected chi connectivity index (χ1v) is 11.2. The SMILES string of the molecule is CS(=O)(=O)C1(C(=O)Nc2ccc3nc(C4CC4)sc3c2)CCNCC1.Cl. The lowest BCUT2D eigenvalue weighted by Crippen LogP contribution is -2.55. The number of halogens is 1. The van der Waals surface area contributed by atoms with E-state index in [1.165, 1.54) is 12.8 Å². The van der Waals surface area contributed by atoms with E-state index in [9.17, 15) is 13.2 Å². The number of amides is 1. The number of hydrogen-bond acceptors (Lipinski definition) is 6. The first-order valence-electron chi connectivity index (χ1n) is 8.51.